The van der Waals surface area contributed by atoms with Crippen LogP contribution in [0.4, 0.5) is 0 Å². The number of hydrogen-bond acceptors (Lipinski definition) is 1. The Hall–Kier alpha value is -2.79. The van der Waals surface area contributed by atoms with Crippen LogP contribution in [0.1, 0.15) is 5.56 Å². The third-order valence-corrected chi connectivity index (χ3v) is 3.07. The minimum atomic E-state index is 1.05. The lowest BCUT2D eigenvalue weighted by atomic mass is 10.2. The van der Waals surface area contributed by atoms with Crippen molar-refractivity contribution in [3.63, 3.8) is 0 Å². The first-order chi connectivity index (χ1) is 9.38. The number of aromatic nitrogens is 1. The second kappa shape index (κ2) is 4.83. The summed E-state index contributed by atoms with van der Waals surface area (Å²) in [6.45, 7) is 0. The van der Waals surface area contributed by atoms with Crippen LogP contribution in [0.25, 0.3) is 28.1 Å². The Morgan fingerprint density at radius 1 is 1.00 bits per heavy atom. The third kappa shape index (κ3) is 2.41. The van der Waals surface area contributed by atoms with Gasteiger partial charge in [-0.15, -0.1) is 0 Å². The fourth-order valence-electron chi connectivity index (χ4n) is 2.03. The van der Waals surface area contributed by atoms with Crippen molar-refractivity contribution in [2.45, 2.75) is 0 Å². The molecule has 0 radical (unpaired) electrons. The van der Waals surface area contributed by atoms with Crippen molar-refractivity contribution in [3.8, 4) is 17.2 Å². The average molecular weight is 244 g/mol. The van der Waals surface area contributed by atoms with Gasteiger partial charge in [0.2, 0.25) is 0 Å². The highest BCUT2D eigenvalue weighted by Crippen LogP contribution is 2.32. The molecule has 0 amide bonds. The monoisotopic (exact) mass is 244 g/mol. The molecule has 2 aliphatic rings. The Labute approximate surface area is 111 Å². The first kappa shape index (κ1) is 11.3. The van der Waals surface area contributed by atoms with E-state index in [1.807, 2.05) is 36.5 Å². The normalized spacial score (nSPS) is 10.9. The van der Waals surface area contributed by atoms with Gasteiger partial charge in [-0.1, -0.05) is 36.4 Å². The average Bonchev–Trinajstić information content (AvgIpc) is 2.89. The summed E-state index contributed by atoms with van der Waals surface area (Å²) in [6.07, 6.45) is 5.19. The quantitative estimate of drug-likeness (QED) is 0.496. The van der Waals surface area contributed by atoms with Crippen LogP contribution in [0.5, 0.6) is 0 Å². The van der Waals surface area contributed by atoms with Crippen LogP contribution in [0.2, 0.25) is 0 Å². The number of allylic oxidation sites excluding steroid dienone is 1. The lowest BCUT2D eigenvalue weighted by Gasteiger charge is -1.88. The van der Waals surface area contributed by atoms with Gasteiger partial charge in [0.1, 0.15) is 0 Å². The van der Waals surface area contributed by atoms with Gasteiger partial charge in [-0.05, 0) is 29.3 Å². The highest BCUT2D eigenvalue weighted by Gasteiger charge is 2.06. The molecule has 4 rings (SSSR count). The molecule has 0 saturated carbocycles. The number of hydrogen-bond donors (Lipinski definition) is 1. The molecule has 0 atom stereocenters. The fourth-order valence-corrected chi connectivity index (χ4v) is 2.03. The van der Waals surface area contributed by atoms with Crippen molar-refractivity contribution in [2.24, 2.45) is 0 Å². The van der Waals surface area contributed by atoms with Crippen LogP contribution in [0.15, 0.2) is 60.8 Å². The molecule has 1 N–H and O–H groups in total. The van der Waals surface area contributed by atoms with E-state index in [1.165, 1.54) is 17.2 Å². The Morgan fingerprint density at radius 3 is 2.42 bits per heavy atom. The summed E-state index contributed by atoms with van der Waals surface area (Å²) >= 11 is 0. The van der Waals surface area contributed by atoms with E-state index >= 15 is 0 Å². The number of nitrogens with zero attached hydrogens (tertiary/aromatic N) is 1. The van der Waals surface area contributed by atoms with E-state index in [-0.39, 0.29) is 0 Å². The van der Waals surface area contributed by atoms with E-state index in [1.54, 1.807) is 6.08 Å². The van der Waals surface area contributed by atoms with Gasteiger partial charge in [0, 0.05) is 28.7 Å². The van der Waals surface area contributed by atoms with Crippen LogP contribution in [-0.4, -0.2) is 4.98 Å². The summed E-state index contributed by atoms with van der Waals surface area (Å²) in [5.74, 6) is 0. The fraction of sp³-hybridized carbons (Fsp3) is 0. The van der Waals surface area contributed by atoms with Gasteiger partial charge in [-0.2, -0.15) is 5.26 Å². The maximum Gasteiger partial charge on any atom is 0.0912 e. The summed E-state index contributed by atoms with van der Waals surface area (Å²) in [5, 5.41) is 9.54. The van der Waals surface area contributed by atoms with Gasteiger partial charge in [-0.25, -0.2) is 0 Å². The van der Waals surface area contributed by atoms with Crippen molar-refractivity contribution in [2.75, 3.05) is 0 Å². The van der Waals surface area contributed by atoms with Crippen molar-refractivity contribution in [1.82, 2.24) is 4.98 Å². The number of benzene rings is 2. The number of fused-ring (bicyclic) bond motifs is 2. The molecule has 0 aliphatic heterocycles. The number of rotatable bonds is 1. The SMILES string of the molecule is N#CC=Cc1c[nH]c2ccccc12.c1cc2cc-2c1. The minimum Gasteiger partial charge on any atom is -0.361 e. The zero-order chi connectivity index (χ0) is 13.1. The van der Waals surface area contributed by atoms with Crippen molar-refractivity contribution in [3.05, 3.63) is 66.4 Å². The second-order valence-electron chi connectivity index (χ2n) is 4.33. The van der Waals surface area contributed by atoms with Gasteiger partial charge >= 0.3 is 0 Å². The number of nitriles is 1. The van der Waals surface area contributed by atoms with Gasteiger partial charge in [0.05, 0.1) is 6.07 Å². The van der Waals surface area contributed by atoms with Gasteiger partial charge in [0.25, 0.3) is 0 Å². The Morgan fingerprint density at radius 2 is 1.79 bits per heavy atom. The molecule has 19 heavy (non-hydrogen) atoms. The molecule has 1 aromatic carbocycles. The van der Waals surface area contributed by atoms with E-state index in [0.717, 1.165) is 16.5 Å². The molecule has 0 bridgehead atoms. The third-order valence-electron chi connectivity index (χ3n) is 3.07. The van der Waals surface area contributed by atoms with Gasteiger partial charge < -0.3 is 4.98 Å². The maximum atomic E-state index is 8.39. The first-order valence-electron chi connectivity index (χ1n) is 6.11. The molecule has 2 nitrogen and oxygen atoms in total. The summed E-state index contributed by atoms with van der Waals surface area (Å²) in [7, 11) is 0. The Kier molecular flexibility index (Phi) is 2.88. The zero-order valence-corrected chi connectivity index (χ0v) is 10.3. The smallest absolute Gasteiger partial charge is 0.0912 e. The topological polar surface area (TPSA) is 39.6 Å². The standard InChI is InChI=1S/C11H8N2.C6H4/c12-7-3-4-9-8-13-11-6-2-1-5-10(9)11;1-2-5-4-6(5)3-1/h1-6,8,13H;1-4H. The highest BCUT2D eigenvalue weighted by atomic mass is 14.7. The predicted octanol–water partition coefficient (Wildman–Crippen LogP) is 4.37. The van der Waals surface area contributed by atoms with E-state index in [2.05, 4.69) is 29.2 Å². The van der Waals surface area contributed by atoms with Crippen molar-refractivity contribution >= 4 is 17.0 Å². The van der Waals surface area contributed by atoms with E-state index in [0.29, 0.717) is 0 Å². The van der Waals surface area contributed by atoms with Crippen molar-refractivity contribution < 1.29 is 0 Å². The molecule has 1 heterocycles. The lowest BCUT2D eigenvalue weighted by Crippen LogP contribution is -1.66. The van der Waals surface area contributed by atoms with E-state index in [4.69, 9.17) is 5.26 Å². The molecular formula is C17H12N2. The Balaban J connectivity index is 0.000000151. The summed E-state index contributed by atoms with van der Waals surface area (Å²) < 4.78 is 0. The molecule has 1 aromatic heterocycles. The lowest BCUT2D eigenvalue weighted by molar-refractivity contribution is 1.47. The molecule has 2 aromatic rings. The molecule has 90 valence electrons. The van der Waals surface area contributed by atoms with E-state index in [9.17, 15) is 0 Å². The second-order valence-corrected chi connectivity index (χ2v) is 4.33. The van der Waals surface area contributed by atoms with Crippen LogP contribution in [-0.2, 0) is 0 Å². The number of H-pyrrole nitrogens is 1. The minimum absolute atomic E-state index is 1.05. The maximum absolute atomic E-state index is 8.39. The van der Waals surface area contributed by atoms with E-state index < -0.39 is 0 Å². The molecule has 2 aliphatic carbocycles. The summed E-state index contributed by atoms with van der Waals surface area (Å²) in [4.78, 5) is 3.14. The van der Waals surface area contributed by atoms with Crippen molar-refractivity contribution in [1.29, 1.82) is 5.26 Å². The highest BCUT2D eigenvalue weighted by molar-refractivity contribution is 5.88. The predicted molar refractivity (Wildman–Crippen MR) is 78.4 cm³/mol. The van der Waals surface area contributed by atoms with Crippen LogP contribution in [0, 0.1) is 11.3 Å². The molecule has 0 fully saturated rings. The summed E-state index contributed by atoms with van der Waals surface area (Å²) in [6, 6.07) is 18.5. The number of nitrogens with one attached hydrogen (secondary N) is 1. The summed E-state index contributed by atoms with van der Waals surface area (Å²) in [5.41, 5.74) is 5.00. The Bertz CT molecular complexity index is 771. The molecule has 0 spiro atoms. The molecule has 2 heteroatoms. The van der Waals surface area contributed by atoms with Gasteiger partial charge in [0.15, 0.2) is 0 Å². The molecular weight excluding hydrogens is 232 g/mol. The van der Waals surface area contributed by atoms with Crippen LogP contribution >= 0.6 is 0 Å². The molecule has 0 unspecified atom stereocenters. The zero-order valence-electron chi connectivity index (χ0n) is 10.3. The number of para-hydroxylation sites is 1. The van der Waals surface area contributed by atoms with Crippen LogP contribution < -0.4 is 0 Å². The van der Waals surface area contributed by atoms with Crippen LogP contribution in [0.3, 0.4) is 0 Å². The van der Waals surface area contributed by atoms with Gasteiger partial charge in [-0.3, -0.25) is 0 Å². The first-order valence-corrected chi connectivity index (χ1v) is 6.11. The number of aromatic amines is 1. The molecule has 0 saturated heterocycles. The largest absolute Gasteiger partial charge is 0.361 e.